The summed E-state index contributed by atoms with van der Waals surface area (Å²) in [4.78, 5) is 11.4. The molecule has 0 radical (unpaired) electrons. The summed E-state index contributed by atoms with van der Waals surface area (Å²) in [5.74, 6) is 0.241. The number of allylic oxidation sites excluding steroid dienone is 1. The highest BCUT2D eigenvalue weighted by atomic mass is 16.5. The van der Waals surface area contributed by atoms with Crippen molar-refractivity contribution in [1.29, 1.82) is 0 Å². The summed E-state index contributed by atoms with van der Waals surface area (Å²) in [5, 5.41) is 23.4. The van der Waals surface area contributed by atoms with Gasteiger partial charge in [-0.15, -0.1) is 0 Å². The van der Waals surface area contributed by atoms with Crippen LogP contribution in [0.1, 0.15) is 25.5 Å². The maximum atomic E-state index is 11.4. The summed E-state index contributed by atoms with van der Waals surface area (Å²) < 4.78 is 12.8. The van der Waals surface area contributed by atoms with Crippen LogP contribution in [0.5, 0.6) is 11.5 Å². The fourth-order valence-corrected chi connectivity index (χ4v) is 2.49. The van der Waals surface area contributed by atoms with Crippen molar-refractivity contribution in [2.24, 2.45) is 0 Å². The monoisotopic (exact) mass is 331 g/mol. The molecule has 24 heavy (non-hydrogen) atoms. The van der Waals surface area contributed by atoms with Crippen LogP contribution >= 0.6 is 0 Å². The van der Waals surface area contributed by atoms with E-state index in [-0.39, 0.29) is 17.7 Å². The van der Waals surface area contributed by atoms with E-state index in [9.17, 15) is 9.90 Å². The van der Waals surface area contributed by atoms with E-state index >= 15 is 0 Å². The first kappa shape index (κ1) is 15.8. The van der Waals surface area contributed by atoms with Crippen LogP contribution in [0.2, 0.25) is 0 Å². The number of nitrogens with zero attached hydrogens (tertiary/aromatic N) is 4. The van der Waals surface area contributed by atoms with Gasteiger partial charge in [-0.3, -0.25) is 0 Å². The van der Waals surface area contributed by atoms with Crippen LogP contribution in [0.3, 0.4) is 0 Å². The molecule has 3 rings (SSSR count). The molecule has 9 heteroatoms. The number of hydrogen-bond donors (Lipinski definition) is 2. The Bertz CT molecular complexity index is 799. The molecule has 0 bridgehead atoms. The van der Waals surface area contributed by atoms with Crippen molar-refractivity contribution in [2.75, 3.05) is 12.4 Å². The maximum Gasteiger partial charge on any atom is 0.352 e. The third kappa shape index (κ3) is 2.75. The van der Waals surface area contributed by atoms with Gasteiger partial charge in [0.1, 0.15) is 11.7 Å². The summed E-state index contributed by atoms with van der Waals surface area (Å²) >= 11 is 0. The smallest absolute Gasteiger partial charge is 0.352 e. The lowest BCUT2D eigenvalue weighted by Gasteiger charge is -2.25. The van der Waals surface area contributed by atoms with Gasteiger partial charge in [0, 0.05) is 5.56 Å². The number of carboxylic acid groups (broad SMARTS) is 1. The van der Waals surface area contributed by atoms with E-state index in [1.54, 1.807) is 13.2 Å². The average molecular weight is 331 g/mol. The van der Waals surface area contributed by atoms with Crippen LogP contribution in [0.25, 0.3) is 0 Å². The Hall–Kier alpha value is -3.10. The zero-order chi connectivity index (χ0) is 17.3. The molecule has 126 valence electrons. The molecular weight excluding hydrogens is 314 g/mol. The van der Waals surface area contributed by atoms with Crippen molar-refractivity contribution in [3.8, 4) is 11.5 Å². The Morgan fingerprint density at radius 2 is 2.21 bits per heavy atom. The predicted molar refractivity (Wildman–Crippen MR) is 84.1 cm³/mol. The van der Waals surface area contributed by atoms with Crippen molar-refractivity contribution in [3.63, 3.8) is 0 Å². The van der Waals surface area contributed by atoms with Gasteiger partial charge in [0.2, 0.25) is 5.95 Å². The lowest BCUT2D eigenvalue weighted by Crippen LogP contribution is -2.25. The zero-order valence-electron chi connectivity index (χ0n) is 13.4. The maximum absolute atomic E-state index is 11.4. The number of para-hydroxylation sites is 1. The van der Waals surface area contributed by atoms with Gasteiger partial charge in [0.25, 0.3) is 0 Å². The van der Waals surface area contributed by atoms with Crippen molar-refractivity contribution in [3.05, 3.63) is 35.5 Å². The number of hydrogen-bond acceptors (Lipinski definition) is 7. The minimum absolute atomic E-state index is 0.000571. The van der Waals surface area contributed by atoms with Gasteiger partial charge in [-0.2, -0.15) is 4.68 Å². The number of benzene rings is 1. The van der Waals surface area contributed by atoms with Crippen molar-refractivity contribution in [2.45, 2.75) is 26.0 Å². The second-order valence-corrected chi connectivity index (χ2v) is 5.45. The van der Waals surface area contributed by atoms with E-state index in [0.717, 1.165) is 0 Å². The third-order valence-electron chi connectivity index (χ3n) is 3.46. The average Bonchev–Trinajstić information content (AvgIpc) is 3.02. The number of aliphatic carboxylic acids is 1. The van der Waals surface area contributed by atoms with Gasteiger partial charge in [-0.1, -0.05) is 17.2 Å². The fourth-order valence-electron chi connectivity index (χ4n) is 2.49. The number of carbonyl (C=O) groups is 1. The molecule has 1 aromatic heterocycles. The van der Waals surface area contributed by atoms with Crippen molar-refractivity contribution >= 4 is 11.9 Å². The molecule has 0 spiro atoms. The van der Waals surface area contributed by atoms with E-state index < -0.39 is 12.0 Å². The quantitative estimate of drug-likeness (QED) is 0.847. The molecule has 0 amide bonds. The highest BCUT2D eigenvalue weighted by molar-refractivity contribution is 5.90. The molecule has 1 aliphatic heterocycles. The minimum Gasteiger partial charge on any atom is -0.493 e. The van der Waals surface area contributed by atoms with Crippen molar-refractivity contribution in [1.82, 2.24) is 20.2 Å². The van der Waals surface area contributed by atoms with Gasteiger partial charge in [-0.05, 0) is 36.4 Å². The molecule has 1 atom stereocenters. The molecule has 2 heterocycles. The number of nitrogens with one attached hydrogen (secondary N) is 1. The third-order valence-corrected chi connectivity index (χ3v) is 3.46. The molecule has 2 aromatic rings. The molecule has 1 aliphatic rings. The fraction of sp³-hybridized carbons (Fsp3) is 0.333. The first-order valence-corrected chi connectivity index (χ1v) is 7.34. The molecule has 0 saturated heterocycles. The summed E-state index contributed by atoms with van der Waals surface area (Å²) in [6.45, 7) is 3.80. The number of tetrazole rings is 1. The van der Waals surface area contributed by atoms with Crippen LogP contribution in [0.4, 0.5) is 5.95 Å². The van der Waals surface area contributed by atoms with Gasteiger partial charge in [0.15, 0.2) is 11.5 Å². The van der Waals surface area contributed by atoms with Gasteiger partial charge < -0.3 is 19.9 Å². The Kier molecular flexibility index (Phi) is 4.07. The van der Waals surface area contributed by atoms with Gasteiger partial charge in [0.05, 0.1) is 13.2 Å². The second kappa shape index (κ2) is 6.19. The standard InChI is InChI=1S/C15H17N5O4/c1-8(2)24-13-9(5-4-6-12(13)23-3)11-7-10(14(21)22)16-15-17-18-19-20(11)15/h4-8,11H,1-3H3,(H,21,22)(H,16,17,19)/t11-/m0/s1. The first-order chi connectivity index (χ1) is 11.5. The van der Waals surface area contributed by atoms with E-state index in [1.807, 2.05) is 26.0 Å². The Labute approximate surface area is 137 Å². The minimum atomic E-state index is -1.09. The van der Waals surface area contributed by atoms with Crippen LogP contribution in [-0.2, 0) is 4.79 Å². The Morgan fingerprint density at radius 3 is 2.88 bits per heavy atom. The number of fused-ring (bicyclic) bond motifs is 1. The Balaban J connectivity index is 2.16. The number of aromatic nitrogens is 4. The number of anilines is 1. The predicted octanol–water partition coefficient (Wildman–Crippen LogP) is 1.45. The summed E-state index contributed by atoms with van der Waals surface area (Å²) in [6.07, 6.45) is 1.45. The number of ether oxygens (including phenoxy) is 2. The second-order valence-electron chi connectivity index (χ2n) is 5.45. The molecule has 0 unspecified atom stereocenters. The summed E-state index contributed by atoms with van der Waals surface area (Å²) in [7, 11) is 1.55. The molecule has 0 saturated carbocycles. The molecule has 1 aromatic carbocycles. The van der Waals surface area contributed by atoms with E-state index in [1.165, 1.54) is 10.8 Å². The molecule has 0 aliphatic carbocycles. The van der Waals surface area contributed by atoms with Crippen LogP contribution in [0, 0.1) is 0 Å². The largest absolute Gasteiger partial charge is 0.493 e. The summed E-state index contributed by atoms with van der Waals surface area (Å²) in [6, 6.07) is 4.88. The molecular formula is C15H17N5O4. The lowest BCUT2D eigenvalue weighted by molar-refractivity contribution is -0.132. The van der Waals surface area contributed by atoms with Crippen LogP contribution < -0.4 is 14.8 Å². The van der Waals surface area contributed by atoms with Crippen LogP contribution in [0.15, 0.2) is 30.0 Å². The van der Waals surface area contributed by atoms with Gasteiger partial charge in [-0.25, -0.2) is 4.79 Å². The molecule has 9 nitrogen and oxygen atoms in total. The number of carboxylic acids is 1. The molecule has 0 fully saturated rings. The normalized spacial score (nSPS) is 16.2. The van der Waals surface area contributed by atoms with Gasteiger partial charge >= 0.3 is 5.97 Å². The highest BCUT2D eigenvalue weighted by Crippen LogP contribution is 2.39. The SMILES string of the molecule is COc1cccc([C@@H]2C=C(C(=O)O)Nc3nnnn32)c1OC(C)C. The van der Waals surface area contributed by atoms with E-state index in [4.69, 9.17) is 9.47 Å². The number of methoxy groups -OCH3 is 1. The zero-order valence-corrected chi connectivity index (χ0v) is 13.4. The topological polar surface area (TPSA) is 111 Å². The lowest BCUT2D eigenvalue weighted by atomic mass is 10.0. The van der Waals surface area contributed by atoms with Crippen molar-refractivity contribution < 1.29 is 19.4 Å². The van der Waals surface area contributed by atoms with E-state index in [2.05, 4.69) is 20.8 Å². The Morgan fingerprint density at radius 1 is 1.42 bits per heavy atom. The van der Waals surface area contributed by atoms with Crippen LogP contribution in [-0.4, -0.2) is 44.5 Å². The summed E-state index contributed by atoms with van der Waals surface area (Å²) in [5.41, 5.74) is 0.706. The molecule has 2 N–H and O–H groups in total. The first-order valence-electron chi connectivity index (χ1n) is 7.34. The van der Waals surface area contributed by atoms with E-state index in [0.29, 0.717) is 17.1 Å². The highest BCUT2D eigenvalue weighted by Gasteiger charge is 2.29. The number of rotatable bonds is 5.